The summed E-state index contributed by atoms with van der Waals surface area (Å²) in [6, 6.07) is 12.1. The highest BCUT2D eigenvalue weighted by atomic mass is 32.2. The van der Waals surface area contributed by atoms with Crippen LogP contribution in [0.5, 0.6) is 5.75 Å². The first-order chi connectivity index (χ1) is 13.1. The smallest absolute Gasteiger partial charge is 0.243 e. The first-order valence-corrected chi connectivity index (χ1v) is 11.0. The maximum absolute atomic E-state index is 12.5. The molecule has 6 nitrogen and oxygen atoms in total. The number of hydrogen-bond donors (Lipinski definition) is 1. The van der Waals surface area contributed by atoms with E-state index in [0.29, 0.717) is 12.3 Å². The molecule has 0 bridgehead atoms. The van der Waals surface area contributed by atoms with Crippen molar-refractivity contribution in [2.45, 2.75) is 33.7 Å². The zero-order valence-corrected chi connectivity index (χ0v) is 17.8. The summed E-state index contributed by atoms with van der Waals surface area (Å²) in [4.78, 5) is 12.5. The number of rotatable bonds is 8. The Morgan fingerprint density at radius 3 is 2.14 bits per heavy atom. The van der Waals surface area contributed by atoms with E-state index in [1.165, 1.54) is 0 Å². The van der Waals surface area contributed by atoms with Crippen LogP contribution in [0.3, 0.4) is 0 Å². The molecule has 28 heavy (non-hydrogen) atoms. The number of sulfonamides is 1. The average molecular weight is 405 g/mol. The number of nitrogens with zero attached hydrogens (tertiary/aromatic N) is 1. The lowest BCUT2D eigenvalue weighted by atomic mass is 10.1. The first-order valence-electron chi connectivity index (χ1n) is 9.13. The van der Waals surface area contributed by atoms with Gasteiger partial charge in [-0.25, -0.2) is 8.42 Å². The van der Waals surface area contributed by atoms with Gasteiger partial charge in [0.2, 0.25) is 15.9 Å². The van der Waals surface area contributed by atoms with E-state index in [1.807, 2.05) is 45.0 Å². The largest absolute Gasteiger partial charge is 0.492 e. The van der Waals surface area contributed by atoms with Crippen LogP contribution in [0, 0.1) is 20.8 Å². The van der Waals surface area contributed by atoms with Crippen LogP contribution >= 0.6 is 0 Å². The summed E-state index contributed by atoms with van der Waals surface area (Å²) >= 11 is 0. The van der Waals surface area contributed by atoms with Gasteiger partial charge in [-0.2, -0.15) is 0 Å². The Morgan fingerprint density at radius 2 is 1.61 bits per heavy atom. The van der Waals surface area contributed by atoms with Crippen molar-refractivity contribution >= 4 is 21.6 Å². The molecule has 2 rings (SSSR count). The van der Waals surface area contributed by atoms with Crippen LogP contribution in [0.4, 0.5) is 5.69 Å². The van der Waals surface area contributed by atoms with Crippen molar-refractivity contribution < 1.29 is 17.9 Å². The number of aryl methyl sites for hydroxylation is 3. The van der Waals surface area contributed by atoms with Gasteiger partial charge in [0, 0.05) is 0 Å². The van der Waals surface area contributed by atoms with Gasteiger partial charge in [0.05, 0.1) is 18.5 Å². The van der Waals surface area contributed by atoms with Gasteiger partial charge < -0.3 is 10.1 Å². The van der Waals surface area contributed by atoms with E-state index < -0.39 is 16.1 Å². The van der Waals surface area contributed by atoms with Crippen LogP contribution in [0.25, 0.3) is 0 Å². The molecule has 0 radical (unpaired) electrons. The molecule has 0 saturated heterocycles. The summed E-state index contributed by atoms with van der Waals surface area (Å²) in [6.07, 6.45) is 1.10. The van der Waals surface area contributed by atoms with Gasteiger partial charge in [-0.3, -0.25) is 9.10 Å². The number of amides is 1. The molecule has 0 aliphatic rings. The number of benzene rings is 2. The van der Waals surface area contributed by atoms with E-state index in [9.17, 15) is 13.2 Å². The molecule has 1 amide bonds. The minimum absolute atomic E-state index is 0.279. The molecule has 0 unspecified atom stereocenters. The molecule has 0 aromatic heterocycles. The predicted molar refractivity (Wildman–Crippen MR) is 112 cm³/mol. The van der Waals surface area contributed by atoms with E-state index in [1.54, 1.807) is 19.1 Å². The van der Waals surface area contributed by atoms with Gasteiger partial charge in [-0.15, -0.1) is 0 Å². The van der Waals surface area contributed by atoms with Gasteiger partial charge in [-0.1, -0.05) is 23.8 Å². The van der Waals surface area contributed by atoms with Crippen molar-refractivity contribution in [3.05, 3.63) is 59.2 Å². The molecule has 2 aromatic rings. The number of nitrogens with one attached hydrogen (secondary N) is 1. The third-order valence-electron chi connectivity index (χ3n) is 4.24. The maximum Gasteiger partial charge on any atom is 0.243 e. The van der Waals surface area contributed by atoms with Crippen LogP contribution in [-0.2, 0) is 14.8 Å². The molecule has 0 spiro atoms. The van der Waals surface area contributed by atoms with Crippen LogP contribution in [0.15, 0.2) is 42.5 Å². The Balaban J connectivity index is 1.98. The number of ether oxygens (including phenoxy) is 1. The monoisotopic (exact) mass is 404 g/mol. The van der Waals surface area contributed by atoms with Crippen molar-refractivity contribution in [2.75, 3.05) is 23.7 Å². The number of carbonyl (C=O) groups is 1. The minimum atomic E-state index is -3.62. The Morgan fingerprint density at radius 1 is 1.04 bits per heavy atom. The average Bonchev–Trinajstić information content (AvgIpc) is 2.58. The van der Waals surface area contributed by atoms with E-state index in [4.69, 9.17) is 4.74 Å². The topological polar surface area (TPSA) is 75.7 Å². The van der Waals surface area contributed by atoms with E-state index in [0.717, 1.165) is 33.0 Å². The molecule has 0 saturated carbocycles. The summed E-state index contributed by atoms with van der Waals surface area (Å²) in [6.45, 7) is 8.05. The lowest BCUT2D eigenvalue weighted by molar-refractivity contribution is -0.121. The highest BCUT2D eigenvalue weighted by Gasteiger charge is 2.28. The Hall–Kier alpha value is -2.54. The fraction of sp³-hybridized carbons (Fsp3) is 0.381. The van der Waals surface area contributed by atoms with Crippen molar-refractivity contribution in [1.29, 1.82) is 0 Å². The quantitative estimate of drug-likeness (QED) is 0.687. The summed E-state index contributed by atoms with van der Waals surface area (Å²) in [5, 5.41) is 2.75. The van der Waals surface area contributed by atoms with Gasteiger partial charge in [0.1, 0.15) is 18.4 Å². The van der Waals surface area contributed by atoms with E-state index >= 15 is 0 Å². The van der Waals surface area contributed by atoms with Crippen molar-refractivity contribution in [1.82, 2.24) is 5.32 Å². The van der Waals surface area contributed by atoms with Crippen molar-refractivity contribution in [2.24, 2.45) is 0 Å². The molecular weight excluding hydrogens is 376 g/mol. The second-order valence-electron chi connectivity index (χ2n) is 7.03. The fourth-order valence-corrected chi connectivity index (χ4v) is 4.18. The van der Waals surface area contributed by atoms with Crippen LogP contribution in [0.1, 0.15) is 23.6 Å². The fourth-order valence-electron chi connectivity index (χ4n) is 3.01. The van der Waals surface area contributed by atoms with Crippen LogP contribution in [0.2, 0.25) is 0 Å². The summed E-state index contributed by atoms with van der Waals surface area (Å²) in [5.74, 6) is 0.368. The molecule has 1 atom stereocenters. The number of carbonyl (C=O) groups excluding carboxylic acids is 1. The standard InChI is InChI=1S/C21H28N2O4S/c1-15-6-8-19(9-7-15)23(28(5,25)26)18(4)21(24)22-10-11-27-20-13-16(2)12-17(3)14-20/h6-9,12-14,18H,10-11H2,1-5H3,(H,22,24)/t18-/m0/s1. The van der Waals surface area contributed by atoms with Gasteiger partial charge in [-0.05, 0) is 63.1 Å². The van der Waals surface area contributed by atoms with Crippen LogP contribution in [-0.4, -0.2) is 39.8 Å². The maximum atomic E-state index is 12.5. The molecule has 0 fully saturated rings. The van der Waals surface area contributed by atoms with E-state index in [2.05, 4.69) is 11.4 Å². The predicted octanol–water partition coefficient (Wildman–Crippen LogP) is 2.96. The number of anilines is 1. The zero-order chi connectivity index (χ0) is 20.9. The van der Waals surface area contributed by atoms with Gasteiger partial charge >= 0.3 is 0 Å². The highest BCUT2D eigenvalue weighted by Crippen LogP contribution is 2.21. The third-order valence-corrected chi connectivity index (χ3v) is 5.48. The molecule has 2 aromatic carbocycles. The van der Waals surface area contributed by atoms with Gasteiger partial charge in [0.25, 0.3) is 0 Å². The zero-order valence-electron chi connectivity index (χ0n) is 17.0. The SMILES string of the molecule is Cc1ccc(N([C@@H](C)C(=O)NCCOc2cc(C)cc(C)c2)S(C)(=O)=O)cc1. The Labute approximate surface area is 167 Å². The summed E-state index contributed by atoms with van der Waals surface area (Å²) in [7, 11) is -3.62. The second kappa shape index (κ2) is 9.10. The lowest BCUT2D eigenvalue weighted by Gasteiger charge is -2.28. The minimum Gasteiger partial charge on any atom is -0.492 e. The van der Waals surface area contributed by atoms with Crippen LogP contribution < -0.4 is 14.4 Å². The summed E-state index contributed by atoms with van der Waals surface area (Å²) in [5.41, 5.74) is 3.68. The second-order valence-corrected chi connectivity index (χ2v) is 8.89. The summed E-state index contributed by atoms with van der Waals surface area (Å²) < 4.78 is 31.3. The molecule has 0 heterocycles. The van der Waals surface area contributed by atoms with E-state index in [-0.39, 0.29) is 12.5 Å². The van der Waals surface area contributed by atoms with Gasteiger partial charge in [0.15, 0.2) is 0 Å². The molecule has 0 aliphatic heterocycles. The van der Waals surface area contributed by atoms with Crippen molar-refractivity contribution in [3.63, 3.8) is 0 Å². The lowest BCUT2D eigenvalue weighted by Crippen LogP contribution is -2.48. The molecule has 0 aliphatic carbocycles. The normalized spacial score (nSPS) is 12.3. The Kier molecular flexibility index (Phi) is 7.07. The molecule has 152 valence electrons. The number of hydrogen-bond acceptors (Lipinski definition) is 4. The van der Waals surface area contributed by atoms with Crippen molar-refractivity contribution in [3.8, 4) is 5.75 Å². The molecule has 7 heteroatoms. The highest BCUT2D eigenvalue weighted by molar-refractivity contribution is 7.92. The molecular formula is C21H28N2O4S. The third kappa shape index (κ3) is 5.99. The molecule has 1 N–H and O–H groups in total. The Bertz CT molecular complexity index is 904. The first kappa shape index (κ1) is 21.8.